The molecular formula is C15H17BrN4. The summed E-state index contributed by atoms with van der Waals surface area (Å²) >= 11 is 3.55. The SMILES string of the molecule is CNC1CCN(c2ccc(-c3ccccc3Br)nn2)C1. The van der Waals surface area contributed by atoms with Crippen molar-refractivity contribution in [2.45, 2.75) is 12.5 Å². The summed E-state index contributed by atoms with van der Waals surface area (Å²) in [5.41, 5.74) is 1.96. The third-order valence-electron chi connectivity index (χ3n) is 3.72. The van der Waals surface area contributed by atoms with Crippen LogP contribution < -0.4 is 10.2 Å². The van der Waals surface area contributed by atoms with Crippen molar-refractivity contribution in [3.05, 3.63) is 40.9 Å². The van der Waals surface area contributed by atoms with Gasteiger partial charge in [0.15, 0.2) is 5.82 Å². The molecule has 1 aliphatic heterocycles. The van der Waals surface area contributed by atoms with Crippen LogP contribution >= 0.6 is 15.9 Å². The second kappa shape index (κ2) is 5.89. The Kier molecular flexibility index (Phi) is 3.98. The van der Waals surface area contributed by atoms with Crippen molar-refractivity contribution in [1.82, 2.24) is 15.5 Å². The molecule has 1 atom stereocenters. The fourth-order valence-corrected chi connectivity index (χ4v) is 3.00. The Morgan fingerprint density at radius 3 is 2.70 bits per heavy atom. The van der Waals surface area contributed by atoms with E-state index < -0.39 is 0 Å². The lowest BCUT2D eigenvalue weighted by Gasteiger charge is -2.16. The Morgan fingerprint density at radius 2 is 2.05 bits per heavy atom. The van der Waals surface area contributed by atoms with Gasteiger partial charge in [0.1, 0.15) is 0 Å². The monoisotopic (exact) mass is 332 g/mol. The summed E-state index contributed by atoms with van der Waals surface area (Å²) < 4.78 is 1.04. The van der Waals surface area contributed by atoms with Crippen LogP contribution in [0, 0.1) is 0 Å². The fourth-order valence-electron chi connectivity index (χ4n) is 2.51. The molecule has 0 aliphatic carbocycles. The summed E-state index contributed by atoms with van der Waals surface area (Å²) in [6.45, 7) is 2.04. The molecule has 0 saturated carbocycles. The molecule has 2 aromatic rings. The Hall–Kier alpha value is -1.46. The van der Waals surface area contributed by atoms with Crippen molar-refractivity contribution < 1.29 is 0 Å². The lowest BCUT2D eigenvalue weighted by molar-refractivity contribution is 0.616. The fraction of sp³-hybridized carbons (Fsp3) is 0.333. The second-order valence-corrected chi connectivity index (χ2v) is 5.83. The molecule has 3 rings (SSSR count). The predicted octanol–water partition coefficient (Wildman–Crippen LogP) is 2.70. The second-order valence-electron chi connectivity index (χ2n) is 4.98. The number of benzene rings is 1. The number of likely N-dealkylation sites (N-methyl/N-ethyl adjacent to an activating group) is 1. The van der Waals surface area contributed by atoms with Gasteiger partial charge in [0.05, 0.1) is 5.69 Å². The number of anilines is 1. The molecule has 2 heterocycles. The average molecular weight is 333 g/mol. The highest BCUT2D eigenvalue weighted by Gasteiger charge is 2.22. The van der Waals surface area contributed by atoms with Gasteiger partial charge in [-0.15, -0.1) is 10.2 Å². The summed E-state index contributed by atoms with van der Waals surface area (Å²) in [5, 5.41) is 12.0. The lowest BCUT2D eigenvalue weighted by atomic mass is 10.1. The molecule has 5 heteroatoms. The average Bonchev–Trinajstić information content (AvgIpc) is 2.97. The van der Waals surface area contributed by atoms with Gasteiger partial charge in [-0.05, 0) is 31.7 Å². The molecule has 0 spiro atoms. The number of aromatic nitrogens is 2. The van der Waals surface area contributed by atoms with Crippen LogP contribution in [0.4, 0.5) is 5.82 Å². The van der Waals surface area contributed by atoms with Gasteiger partial charge in [0, 0.05) is 29.2 Å². The third kappa shape index (κ3) is 2.69. The van der Waals surface area contributed by atoms with Crippen LogP contribution in [0.3, 0.4) is 0 Å². The zero-order chi connectivity index (χ0) is 13.9. The topological polar surface area (TPSA) is 41.0 Å². The molecule has 4 nitrogen and oxygen atoms in total. The van der Waals surface area contributed by atoms with Crippen LogP contribution in [-0.4, -0.2) is 36.4 Å². The van der Waals surface area contributed by atoms with E-state index in [1.165, 1.54) is 0 Å². The van der Waals surface area contributed by atoms with Crippen LogP contribution in [0.2, 0.25) is 0 Å². The zero-order valence-electron chi connectivity index (χ0n) is 11.4. The lowest BCUT2D eigenvalue weighted by Crippen LogP contribution is -2.29. The molecule has 0 bridgehead atoms. The zero-order valence-corrected chi connectivity index (χ0v) is 13.0. The number of nitrogens with zero attached hydrogens (tertiary/aromatic N) is 3. The van der Waals surface area contributed by atoms with Crippen LogP contribution in [-0.2, 0) is 0 Å². The molecule has 104 valence electrons. The minimum absolute atomic E-state index is 0.555. The molecule has 1 aromatic carbocycles. The quantitative estimate of drug-likeness (QED) is 0.938. The number of hydrogen-bond donors (Lipinski definition) is 1. The van der Waals surface area contributed by atoms with Crippen molar-refractivity contribution in [1.29, 1.82) is 0 Å². The van der Waals surface area contributed by atoms with Gasteiger partial charge in [0.25, 0.3) is 0 Å². The standard InChI is InChI=1S/C15H17BrN4/c1-17-11-8-9-20(10-11)15-7-6-14(18-19-15)12-4-2-3-5-13(12)16/h2-7,11,17H,8-10H2,1H3. The van der Waals surface area contributed by atoms with Crippen LogP contribution in [0.1, 0.15) is 6.42 Å². The molecule has 1 unspecified atom stereocenters. The van der Waals surface area contributed by atoms with Crippen molar-refractivity contribution in [2.75, 3.05) is 25.0 Å². The molecule has 1 fully saturated rings. The molecule has 0 radical (unpaired) electrons. The maximum absolute atomic E-state index is 4.37. The van der Waals surface area contributed by atoms with Crippen LogP contribution in [0.15, 0.2) is 40.9 Å². The molecule has 1 N–H and O–H groups in total. The number of halogens is 1. The highest BCUT2D eigenvalue weighted by Crippen LogP contribution is 2.27. The van der Waals surface area contributed by atoms with Gasteiger partial charge in [-0.25, -0.2) is 0 Å². The Morgan fingerprint density at radius 1 is 1.20 bits per heavy atom. The van der Waals surface area contributed by atoms with E-state index >= 15 is 0 Å². The first-order valence-electron chi connectivity index (χ1n) is 6.79. The van der Waals surface area contributed by atoms with E-state index in [0.29, 0.717) is 6.04 Å². The van der Waals surface area contributed by atoms with E-state index in [4.69, 9.17) is 0 Å². The van der Waals surface area contributed by atoms with Crippen LogP contribution in [0.25, 0.3) is 11.3 Å². The first-order chi connectivity index (χ1) is 9.78. The van der Waals surface area contributed by atoms with E-state index in [1.807, 2.05) is 37.4 Å². The van der Waals surface area contributed by atoms with Crippen molar-refractivity contribution in [3.8, 4) is 11.3 Å². The van der Waals surface area contributed by atoms with Crippen LogP contribution in [0.5, 0.6) is 0 Å². The Balaban J connectivity index is 1.80. The maximum Gasteiger partial charge on any atom is 0.151 e. The predicted molar refractivity (Wildman–Crippen MR) is 84.8 cm³/mol. The van der Waals surface area contributed by atoms with E-state index in [1.54, 1.807) is 0 Å². The minimum atomic E-state index is 0.555. The van der Waals surface area contributed by atoms with E-state index in [9.17, 15) is 0 Å². The summed E-state index contributed by atoms with van der Waals surface area (Å²) in [4.78, 5) is 2.28. The van der Waals surface area contributed by atoms with Gasteiger partial charge in [-0.3, -0.25) is 0 Å². The largest absolute Gasteiger partial charge is 0.354 e. The Labute approximate surface area is 127 Å². The van der Waals surface area contributed by atoms with Crippen molar-refractivity contribution >= 4 is 21.7 Å². The summed E-state index contributed by atoms with van der Waals surface area (Å²) in [7, 11) is 2.01. The van der Waals surface area contributed by atoms with Gasteiger partial charge >= 0.3 is 0 Å². The summed E-state index contributed by atoms with van der Waals surface area (Å²) in [6.07, 6.45) is 1.16. The van der Waals surface area contributed by atoms with Gasteiger partial charge in [-0.2, -0.15) is 0 Å². The number of rotatable bonds is 3. The van der Waals surface area contributed by atoms with Crippen molar-refractivity contribution in [3.63, 3.8) is 0 Å². The van der Waals surface area contributed by atoms with E-state index in [2.05, 4.69) is 42.4 Å². The van der Waals surface area contributed by atoms with Crippen molar-refractivity contribution in [2.24, 2.45) is 0 Å². The molecule has 1 aromatic heterocycles. The van der Waals surface area contributed by atoms with Gasteiger partial charge in [-0.1, -0.05) is 34.1 Å². The van der Waals surface area contributed by atoms with E-state index in [0.717, 1.165) is 41.1 Å². The Bertz CT molecular complexity index is 585. The molecule has 0 amide bonds. The molecule has 1 aliphatic rings. The number of hydrogen-bond acceptors (Lipinski definition) is 4. The summed E-state index contributed by atoms with van der Waals surface area (Å²) in [6, 6.07) is 12.7. The van der Waals surface area contributed by atoms with Gasteiger partial charge < -0.3 is 10.2 Å². The van der Waals surface area contributed by atoms with E-state index in [-0.39, 0.29) is 0 Å². The minimum Gasteiger partial charge on any atom is -0.354 e. The normalized spacial score (nSPS) is 18.5. The first kappa shape index (κ1) is 13.5. The molecule has 20 heavy (non-hydrogen) atoms. The maximum atomic E-state index is 4.37. The van der Waals surface area contributed by atoms with Gasteiger partial charge in [0.2, 0.25) is 0 Å². The summed E-state index contributed by atoms with van der Waals surface area (Å²) in [5.74, 6) is 0.957. The highest BCUT2D eigenvalue weighted by molar-refractivity contribution is 9.10. The molecule has 1 saturated heterocycles. The highest BCUT2D eigenvalue weighted by atomic mass is 79.9. The smallest absolute Gasteiger partial charge is 0.151 e. The first-order valence-corrected chi connectivity index (χ1v) is 7.58. The molecular weight excluding hydrogens is 316 g/mol. The third-order valence-corrected chi connectivity index (χ3v) is 4.41. The number of nitrogens with one attached hydrogen (secondary N) is 1.